The van der Waals surface area contributed by atoms with Gasteiger partial charge in [0.05, 0.1) is 13.0 Å². The van der Waals surface area contributed by atoms with E-state index in [4.69, 9.17) is 4.74 Å². The first kappa shape index (κ1) is 14.5. The van der Waals surface area contributed by atoms with E-state index in [1.807, 2.05) is 4.90 Å². The Balaban J connectivity index is 1.79. The molecule has 1 fully saturated rings. The summed E-state index contributed by atoms with van der Waals surface area (Å²) < 4.78 is 5.54. The fourth-order valence-electron chi connectivity index (χ4n) is 2.13. The van der Waals surface area contributed by atoms with Gasteiger partial charge < -0.3 is 15.0 Å². The summed E-state index contributed by atoms with van der Waals surface area (Å²) >= 11 is 0. The number of nitrogens with zero attached hydrogens (tertiary/aromatic N) is 1. The van der Waals surface area contributed by atoms with Gasteiger partial charge in [0.2, 0.25) is 5.91 Å². The van der Waals surface area contributed by atoms with Gasteiger partial charge in [-0.05, 0) is 19.1 Å². The molecule has 1 N–H and O–H groups in total. The van der Waals surface area contributed by atoms with Gasteiger partial charge in [-0.1, -0.05) is 12.1 Å². The standard InChI is InChI=1S/C15H20N2O3/c1-12(18)13-3-2-4-14(11-13)20-10-5-15(19)17-8-6-16-7-9-17/h2-4,11,16H,5-10H2,1H3. The van der Waals surface area contributed by atoms with Crippen molar-refractivity contribution in [3.8, 4) is 5.75 Å². The quantitative estimate of drug-likeness (QED) is 0.818. The number of hydrogen-bond donors (Lipinski definition) is 1. The topological polar surface area (TPSA) is 58.6 Å². The molecule has 0 saturated carbocycles. The predicted molar refractivity (Wildman–Crippen MR) is 76.0 cm³/mol. The summed E-state index contributed by atoms with van der Waals surface area (Å²) in [5, 5.41) is 3.21. The number of nitrogens with one attached hydrogen (secondary N) is 1. The Kier molecular flexibility index (Phi) is 5.12. The zero-order valence-electron chi connectivity index (χ0n) is 11.7. The van der Waals surface area contributed by atoms with Crippen LogP contribution < -0.4 is 10.1 Å². The van der Waals surface area contributed by atoms with Crippen LogP contribution in [0.15, 0.2) is 24.3 Å². The van der Waals surface area contributed by atoms with Gasteiger partial charge in [0.15, 0.2) is 5.78 Å². The zero-order valence-corrected chi connectivity index (χ0v) is 11.7. The largest absolute Gasteiger partial charge is 0.493 e. The number of ketones is 1. The van der Waals surface area contributed by atoms with Crippen LogP contribution in [0.25, 0.3) is 0 Å². The average molecular weight is 276 g/mol. The molecule has 108 valence electrons. The van der Waals surface area contributed by atoms with Crippen LogP contribution >= 0.6 is 0 Å². The van der Waals surface area contributed by atoms with E-state index in [1.165, 1.54) is 6.92 Å². The van der Waals surface area contributed by atoms with E-state index in [2.05, 4.69) is 5.32 Å². The molecule has 1 amide bonds. The number of benzene rings is 1. The molecular weight excluding hydrogens is 256 g/mol. The number of hydrogen-bond acceptors (Lipinski definition) is 4. The second kappa shape index (κ2) is 7.05. The number of carbonyl (C=O) groups is 2. The Bertz CT molecular complexity index is 482. The van der Waals surface area contributed by atoms with Gasteiger partial charge >= 0.3 is 0 Å². The molecule has 1 aliphatic heterocycles. The lowest BCUT2D eigenvalue weighted by atomic mass is 10.1. The van der Waals surface area contributed by atoms with Gasteiger partial charge in [-0.25, -0.2) is 0 Å². The van der Waals surface area contributed by atoms with E-state index < -0.39 is 0 Å². The molecule has 0 bridgehead atoms. The van der Waals surface area contributed by atoms with Gasteiger partial charge in [0.25, 0.3) is 0 Å². The van der Waals surface area contributed by atoms with Crippen molar-refractivity contribution in [3.63, 3.8) is 0 Å². The van der Waals surface area contributed by atoms with E-state index in [0.717, 1.165) is 26.2 Å². The summed E-state index contributed by atoms with van der Waals surface area (Å²) in [6.45, 7) is 5.09. The number of ether oxygens (including phenoxy) is 1. The molecule has 5 heteroatoms. The van der Waals surface area contributed by atoms with Gasteiger partial charge in [0, 0.05) is 31.7 Å². The molecule has 0 radical (unpaired) electrons. The fourth-order valence-corrected chi connectivity index (χ4v) is 2.13. The lowest BCUT2D eigenvalue weighted by Gasteiger charge is -2.27. The third-order valence-corrected chi connectivity index (χ3v) is 3.29. The minimum Gasteiger partial charge on any atom is -0.493 e. The molecule has 1 aromatic rings. The first-order valence-corrected chi connectivity index (χ1v) is 6.89. The van der Waals surface area contributed by atoms with Crippen LogP contribution in [-0.2, 0) is 4.79 Å². The van der Waals surface area contributed by atoms with Gasteiger partial charge in [0.1, 0.15) is 5.75 Å². The first-order valence-electron chi connectivity index (χ1n) is 6.89. The Morgan fingerprint density at radius 2 is 2.05 bits per heavy atom. The molecular formula is C15H20N2O3. The van der Waals surface area contributed by atoms with Crippen LogP contribution in [0.1, 0.15) is 23.7 Å². The van der Waals surface area contributed by atoms with E-state index >= 15 is 0 Å². The summed E-state index contributed by atoms with van der Waals surface area (Å²) in [6, 6.07) is 7.03. The molecule has 0 aromatic heterocycles. The highest BCUT2D eigenvalue weighted by Gasteiger charge is 2.15. The van der Waals surface area contributed by atoms with Crippen molar-refractivity contribution in [1.29, 1.82) is 0 Å². The Hall–Kier alpha value is -1.88. The van der Waals surface area contributed by atoms with Crippen molar-refractivity contribution in [2.45, 2.75) is 13.3 Å². The Labute approximate surface area is 118 Å². The third-order valence-electron chi connectivity index (χ3n) is 3.29. The second-order valence-electron chi connectivity index (χ2n) is 4.81. The number of amides is 1. The minimum atomic E-state index is 0.00680. The fraction of sp³-hybridized carbons (Fsp3) is 0.467. The first-order chi connectivity index (χ1) is 9.66. The van der Waals surface area contributed by atoms with Crippen molar-refractivity contribution in [3.05, 3.63) is 29.8 Å². The highest BCUT2D eigenvalue weighted by molar-refractivity contribution is 5.94. The summed E-state index contributed by atoms with van der Waals surface area (Å²) in [5.41, 5.74) is 0.621. The summed E-state index contributed by atoms with van der Waals surface area (Å²) in [4.78, 5) is 25.0. The maximum absolute atomic E-state index is 11.9. The minimum absolute atomic E-state index is 0.00680. The summed E-state index contributed by atoms with van der Waals surface area (Å²) in [6.07, 6.45) is 0.365. The predicted octanol–water partition coefficient (Wildman–Crippen LogP) is 1.09. The lowest BCUT2D eigenvalue weighted by Crippen LogP contribution is -2.46. The monoisotopic (exact) mass is 276 g/mol. The molecule has 0 unspecified atom stereocenters. The van der Waals surface area contributed by atoms with Crippen LogP contribution in [0, 0.1) is 0 Å². The molecule has 0 atom stereocenters. The normalized spacial score (nSPS) is 14.9. The van der Waals surface area contributed by atoms with Gasteiger partial charge in [-0.3, -0.25) is 9.59 Å². The maximum atomic E-state index is 11.9. The van der Waals surface area contributed by atoms with Crippen LogP contribution in [0.5, 0.6) is 5.75 Å². The zero-order chi connectivity index (χ0) is 14.4. The molecule has 1 aliphatic rings. The van der Waals surface area contributed by atoms with Crippen LogP contribution in [0.3, 0.4) is 0 Å². The van der Waals surface area contributed by atoms with E-state index in [-0.39, 0.29) is 11.7 Å². The number of piperazine rings is 1. The van der Waals surface area contributed by atoms with Crippen molar-refractivity contribution >= 4 is 11.7 Å². The smallest absolute Gasteiger partial charge is 0.226 e. The second-order valence-corrected chi connectivity index (χ2v) is 4.81. The average Bonchev–Trinajstić information content (AvgIpc) is 2.48. The molecule has 1 saturated heterocycles. The van der Waals surface area contributed by atoms with Gasteiger partial charge in [-0.2, -0.15) is 0 Å². The molecule has 20 heavy (non-hydrogen) atoms. The van der Waals surface area contributed by atoms with Crippen LogP contribution in [0.2, 0.25) is 0 Å². The van der Waals surface area contributed by atoms with Crippen molar-refractivity contribution in [2.24, 2.45) is 0 Å². The molecule has 1 heterocycles. The summed E-state index contributed by atoms with van der Waals surface area (Å²) in [5.74, 6) is 0.757. The van der Waals surface area contributed by atoms with Crippen LogP contribution in [0.4, 0.5) is 0 Å². The Morgan fingerprint density at radius 3 is 2.75 bits per heavy atom. The number of carbonyl (C=O) groups excluding carboxylic acids is 2. The lowest BCUT2D eigenvalue weighted by molar-refractivity contribution is -0.132. The molecule has 0 aliphatic carbocycles. The highest BCUT2D eigenvalue weighted by Crippen LogP contribution is 2.14. The molecule has 2 rings (SSSR count). The molecule has 5 nitrogen and oxygen atoms in total. The van der Waals surface area contributed by atoms with E-state index in [1.54, 1.807) is 24.3 Å². The van der Waals surface area contributed by atoms with E-state index in [9.17, 15) is 9.59 Å². The SMILES string of the molecule is CC(=O)c1cccc(OCCC(=O)N2CCNCC2)c1. The molecule has 1 aromatic carbocycles. The van der Waals surface area contributed by atoms with Crippen LogP contribution in [-0.4, -0.2) is 49.4 Å². The highest BCUT2D eigenvalue weighted by atomic mass is 16.5. The summed E-state index contributed by atoms with van der Waals surface area (Å²) in [7, 11) is 0. The number of rotatable bonds is 5. The maximum Gasteiger partial charge on any atom is 0.226 e. The van der Waals surface area contributed by atoms with Crippen molar-refractivity contribution in [2.75, 3.05) is 32.8 Å². The molecule has 0 spiro atoms. The Morgan fingerprint density at radius 1 is 1.30 bits per heavy atom. The van der Waals surface area contributed by atoms with Crippen molar-refractivity contribution in [1.82, 2.24) is 10.2 Å². The van der Waals surface area contributed by atoms with Crippen molar-refractivity contribution < 1.29 is 14.3 Å². The number of Topliss-reactive ketones (excluding diaryl/α,β-unsaturated/α-hetero) is 1. The van der Waals surface area contributed by atoms with Gasteiger partial charge in [-0.15, -0.1) is 0 Å². The van der Waals surface area contributed by atoms with E-state index in [0.29, 0.717) is 24.3 Å². The third kappa shape index (κ3) is 4.06.